The van der Waals surface area contributed by atoms with Gasteiger partial charge in [-0.25, -0.2) is 0 Å². The first-order valence-electron chi connectivity index (χ1n) is 10.1. The second-order valence-electron chi connectivity index (χ2n) is 8.83. The van der Waals surface area contributed by atoms with Crippen LogP contribution in [0.1, 0.15) is 72.3 Å². The molecule has 1 atom stereocenters. The number of aliphatic hydroxyl groups is 1. The average molecular weight is 356 g/mol. The van der Waals surface area contributed by atoms with Crippen molar-refractivity contribution in [2.24, 2.45) is 5.92 Å². The maximum atomic E-state index is 11.8. The summed E-state index contributed by atoms with van der Waals surface area (Å²) in [7, 11) is -0.416. The van der Waals surface area contributed by atoms with Crippen LogP contribution in [0, 0.1) is 5.92 Å². The van der Waals surface area contributed by atoms with Crippen LogP contribution in [0.4, 0.5) is 0 Å². The molecule has 1 aliphatic heterocycles. The van der Waals surface area contributed by atoms with Gasteiger partial charge < -0.3 is 14.4 Å². The summed E-state index contributed by atoms with van der Waals surface area (Å²) in [6.07, 6.45) is 5.14. The van der Waals surface area contributed by atoms with Gasteiger partial charge in [-0.15, -0.1) is 0 Å². The number of hydrogen-bond acceptors (Lipinski definition) is 3. The predicted molar refractivity (Wildman–Crippen MR) is 107 cm³/mol. The minimum atomic E-state index is -0.917. The SMILES string of the molecule is CCCCC(=CB1OC(C)(C)C(C)(C)O1)C(O)(c1ccccc1)C1CC1. The topological polar surface area (TPSA) is 38.7 Å². The first-order valence-corrected chi connectivity index (χ1v) is 10.1. The normalized spacial score (nSPS) is 24.5. The van der Waals surface area contributed by atoms with Gasteiger partial charge in [-0.05, 0) is 70.4 Å². The second kappa shape index (κ2) is 7.14. The van der Waals surface area contributed by atoms with E-state index in [1.165, 1.54) is 0 Å². The Balaban J connectivity index is 1.97. The minimum absolute atomic E-state index is 0.287. The summed E-state index contributed by atoms with van der Waals surface area (Å²) >= 11 is 0. The third-order valence-electron chi connectivity index (χ3n) is 6.28. The highest BCUT2D eigenvalue weighted by Gasteiger charge is 2.52. The van der Waals surface area contributed by atoms with Gasteiger partial charge in [0.15, 0.2) is 0 Å². The van der Waals surface area contributed by atoms with E-state index >= 15 is 0 Å². The van der Waals surface area contributed by atoms with Gasteiger partial charge in [0.25, 0.3) is 0 Å². The first kappa shape index (κ1) is 19.7. The summed E-state index contributed by atoms with van der Waals surface area (Å²) < 4.78 is 12.4. The van der Waals surface area contributed by atoms with E-state index in [-0.39, 0.29) is 17.1 Å². The van der Waals surface area contributed by atoms with Crippen molar-refractivity contribution in [2.45, 2.75) is 83.5 Å². The van der Waals surface area contributed by atoms with Gasteiger partial charge in [0.1, 0.15) is 5.60 Å². The van der Waals surface area contributed by atoms with Crippen molar-refractivity contribution in [1.29, 1.82) is 0 Å². The van der Waals surface area contributed by atoms with E-state index in [9.17, 15) is 5.11 Å². The third-order valence-corrected chi connectivity index (χ3v) is 6.28. The quantitative estimate of drug-likeness (QED) is 0.696. The van der Waals surface area contributed by atoms with E-state index in [1.807, 2.05) is 30.3 Å². The summed E-state index contributed by atoms with van der Waals surface area (Å²) in [4.78, 5) is 0. The first-order chi connectivity index (χ1) is 12.2. The fourth-order valence-corrected chi connectivity index (χ4v) is 3.77. The molecule has 1 unspecified atom stereocenters. The number of hydrogen-bond donors (Lipinski definition) is 1. The molecule has 2 aliphatic rings. The zero-order valence-corrected chi connectivity index (χ0v) is 16.9. The van der Waals surface area contributed by atoms with Crippen molar-refractivity contribution in [3.05, 3.63) is 47.4 Å². The van der Waals surface area contributed by atoms with Crippen LogP contribution in [0.3, 0.4) is 0 Å². The van der Waals surface area contributed by atoms with Crippen LogP contribution < -0.4 is 0 Å². The van der Waals surface area contributed by atoms with Crippen LogP contribution in [0.25, 0.3) is 0 Å². The lowest BCUT2D eigenvalue weighted by Gasteiger charge is -2.33. The number of rotatable bonds is 7. The third kappa shape index (κ3) is 3.65. The van der Waals surface area contributed by atoms with Crippen LogP contribution in [-0.2, 0) is 14.9 Å². The highest BCUT2D eigenvalue weighted by Crippen LogP contribution is 2.51. The summed E-state index contributed by atoms with van der Waals surface area (Å²) in [5, 5.41) is 11.8. The van der Waals surface area contributed by atoms with Crippen LogP contribution in [0.5, 0.6) is 0 Å². The maximum Gasteiger partial charge on any atom is 0.487 e. The molecule has 0 bridgehead atoms. The van der Waals surface area contributed by atoms with Crippen LogP contribution >= 0.6 is 0 Å². The highest BCUT2D eigenvalue weighted by atomic mass is 16.7. The smallest absolute Gasteiger partial charge is 0.400 e. The van der Waals surface area contributed by atoms with Gasteiger partial charge in [0.2, 0.25) is 0 Å². The van der Waals surface area contributed by atoms with Gasteiger partial charge in [0.05, 0.1) is 11.2 Å². The molecule has 4 heteroatoms. The van der Waals surface area contributed by atoms with Crippen molar-refractivity contribution >= 4 is 7.12 Å². The molecular formula is C22H33BO3. The molecule has 0 amide bonds. The molecular weight excluding hydrogens is 323 g/mol. The van der Waals surface area contributed by atoms with Gasteiger partial charge in [-0.2, -0.15) is 0 Å². The Labute approximate surface area is 158 Å². The van der Waals surface area contributed by atoms with Gasteiger partial charge >= 0.3 is 7.12 Å². The summed E-state index contributed by atoms with van der Waals surface area (Å²) in [6, 6.07) is 10.1. The summed E-state index contributed by atoms with van der Waals surface area (Å²) in [5.41, 5.74) is 0.385. The molecule has 1 aliphatic carbocycles. The van der Waals surface area contributed by atoms with E-state index in [4.69, 9.17) is 9.31 Å². The highest BCUT2D eigenvalue weighted by molar-refractivity contribution is 6.51. The lowest BCUT2D eigenvalue weighted by molar-refractivity contribution is 0.00578. The number of unbranched alkanes of at least 4 members (excludes halogenated alkanes) is 1. The largest absolute Gasteiger partial charge is 0.487 e. The molecule has 26 heavy (non-hydrogen) atoms. The molecule has 0 spiro atoms. The Bertz CT molecular complexity index is 633. The molecule has 142 valence electrons. The Morgan fingerprint density at radius 2 is 1.73 bits per heavy atom. The van der Waals surface area contributed by atoms with Crippen LogP contribution in [0.15, 0.2) is 41.9 Å². The standard InChI is InChI=1S/C22H33BO3/c1-6-7-11-19(16-23-25-20(2,3)21(4,5)26-23)22(24,18-14-15-18)17-12-9-8-10-13-17/h8-10,12-13,16,18,24H,6-7,11,14-15H2,1-5H3. The van der Waals surface area contributed by atoms with Crippen LogP contribution in [-0.4, -0.2) is 23.4 Å². The van der Waals surface area contributed by atoms with E-state index in [1.54, 1.807) is 0 Å². The molecule has 0 radical (unpaired) electrons. The van der Waals surface area contributed by atoms with E-state index in [2.05, 4.69) is 40.6 Å². The molecule has 1 aromatic carbocycles. The number of benzene rings is 1. The predicted octanol–water partition coefficient (Wildman–Crippen LogP) is 5.03. The minimum Gasteiger partial charge on any atom is -0.400 e. The maximum absolute atomic E-state index is 11.8. The van der Waals surface area contributed by atoms with Gasteiger partial charge in [-0.3, -0.25) is 0 Å². The van der Waals surface area contributed by atoms with E-state index in [0.29, 0.717) is 0 Å². The zero-order valence-electron chi connectivity index (χ0n) is 16.9. The zero-order chi connectivity index (χ0) is 19.0. The van der Waals surface area contributed by atoms with Gasteiger partial charge in [0, 0.05) is 0 Å². The monoisotopic (exact) mass is 356 g/mol. The molecule has 3 rings (SSSR count). The lowest BCUT2D eigenvalue weighted by atomic mass is 9.74. The fourth-order valence-electron chi connectivity index (χ4n) is 3.77. The Morgan fingerprint density at radius 3 is 2.23 bits per heavy atom. The lowest BCUT2D eigenvalue weighted by Crippen LogP contribution is -2.41. The Kier molecular flexibility index (Phi) is 5.40. The average Bonchev–Trinajstić information content (AvgIpc) is 3.40. The molecule has 1 heterocycles. The van der Waals surface area contributed by atoms with Crippen molar-refractivity contribution in [2.75, 3.05) is 0 Å². The molecule has 0 aromatic heterocycles. The van der Waals surface area contributed by atoms with Crippen molar-refractivity contribution in [1.82, 2.24) is 0 Å². The van der Waals surface area contributed by atoms with E-state index in [0.717, 1.165) is 43.2 Å². The van der Waals surface area contributed by atoms with Crippen molar-refractivity contribution < 1.29 is 14.4 Å². The Morgan fingerprint density at radius 1 is 1.15 bits per heavy atom. The van der Waals surface area contributed by atoms with E-state index < -0.39 is 12.7 Å². The second-order valence-corrected chi connectivity index (χ2v) is 8.83. The molecule has 3 nitrogen and oxygen atoms in total. The van der Waals surface area contributed by atoms with Crippen LogP contribution in [0.2, 0.25) is 0 Å². The van der Waals surface area contributed by atoms with Crippen molar-refractivity contribution in [3.63, 3.8) is 0 Å². The molecule has 1 saturated heterocycles. The summed E-state index contributed by atoms with van der Waals surface area (Å²) in [5.74, 6) is 2.34. The van der Waals surface area contributed by atoms with Crippen molar-refractivity contribution in [3.8, 4) is 0 Å². The molecule has 1 N–H and O–H groups in total. The Hall–Kier alpha value is -1.10. The van der Waals surface area contributed by atoms with Gasteiger partial charge in [-0.1, -0.05) is 49.7 Å². The molecule has 1 aromatic rings. The fraction of sp³-hybridized carbons (Fsp3) is 0.636. The molecule has 2 fully saturated rings. The summed E-state index contributed by atoms with van der Waals surface area (Å²) in [6.45, 7) is 10.5. The molecule has 1 saturated carbocycles.